The van der Waals surface area contributed by atoms with E-state index >= 15 is 0 Å². The summed E-state index contributed by atoms with van der Waals surface area (Å²) in [4.78, 5) is 0. The van der Waals surface area contributed by atoms with Crippen LogP contribution in [0.1, 0.15) is 40.5 Å². The summed E-state index contributed by atoms with van der Waals surface area (Å²) in [6.07, 6.45) is 0.188. The summed E-state index contributed by atoms with van der Waals surface area (Å²) in [7, 11) is 0. The van der Waals surface area contributed by atoms with Gasteiger partial charge >= 0.3 is 0 Å². The molecule has 2 spiro atoms. The Hall–Kier alpha value is -0.240. The first-order valence-corrected chi connectivity index (χ1v) is 10.1. The molecule has 6 heteroatoms. The van der Waals surface area contributed by atoms with E-state index in [-0.39, 0.29) is 29.5 Å². The second-order valence-electron chi connectivity index (χ2n) is 10.7. The van der Waals surface area contributed by atoms with E-state index in [1.165, 1.54) is 0 Å². The maximum absolute atomic E-state index is 11.9. The van der Waals surface area contributed by atoms with E-state index in [1.54, 1.807) is 0 Å². The lowest BCUT2D eigenvalue weighted by molar-refractivity contribution is -0.244. The van der Waals surface area contributed by atoms with Crippen LogP contribution in [0.3, 0.4) is 0 Å². The van der Waals surface area contributed by atoms with Crippen molar-refractivity contribution < 1.29 is 29.2 Å². The fourth-order valence-electron chi connectivity index (χ4n) is 8.44. The Labute approximate surface area is 154 Å². The van der Waals surface area contributed by atoms with Crippen LogP contribution in [0, 0.1) is 28.1 Å². The zero-order chi connectivity index (χ0) is 18.3. The standard InChI is InChI=1S/C20H30O6/c1-10-7-23-14-6-17-13-5-11(16(2,3)4)19(17)12(21)8-24-15(19)26-18(17,9-25-13)20(10,14)22/h10-15,21-22H,5-9H2,1-4H3/t10-,11+,12+,13?,14?,15+,17?,18-,19?,20-/m1/s1. The van der Waals surface area contributed by atoms with Crippen molar-refractivity contribution in [2.45, 2.75) is 76.3 Å². The van der Waals surface area contributed by atoms with Crippen molar-refractivity contribution in [3.05, 3.63) is 0 Å². The lowest BCUT2D eigenvalue weighted by atomic mass is 9.51. The van der Waals surface area contributed by atoms with Crippen LogP contribution in [0.2, 0.25) is 0 Å². The Morgan fingerprint density at radius 1 is 1.04 bits per heavy atom. The van der Waals surface area contributed by atoms with Crippen LogP contribution in [0.5, 0.6) is 0 Å². The minimum absolute atomic E-state index is 0.0262. The quantitative estimate of drug-likeness (QED) is 0.668. The fraction of sp³-hybridized carbons (Fsp3) is 1.00. The van der Waals surface area contributed by atoms with Gasteiger partial charge in [-0.2, -0.15) is 0 Å². The van der Waals surface area contributed by atoms with Crippen molar-refractivity contribution in [1.29, 1.82) is 0 Å². The summed E-state index contributed by atoms with van der Waals surface area (Å²) in [6, 6.07) is 0. The molecule has 0 amide bonds. The molecule has 6 fully saturated rings. The number of aliphatic hydroxyl groups is 2. The molecule has 6 nitrogen and oxygen atoms in total. The van der Waals surface area contributed by atoms with Gasteiger partial charge in [-0.3, -0.25) is 0 Å². The molecule has 0 aromatic heterocycles. The van der Waals surface area contributed by atoms with E-state index in [0.29, 0.717) is 26.2 Å². The number of aliphatic hydroxyl groups excluding tert-OH is 1. The van der Waals surface area contributed by atoms with Crippen LogP contribution in [-0.4, -0.2) is 65.8 Å². The molecule has 0 aromatic carbocycles. The van der Waals surface area contributed by atoms with Crippen molar-refractivity contribution in [2.24, 2.45) is 28.1 Å². The third kappa shape index (κ3) is 1.26. The average Bonchev–Trinajstić information content (AvgIpc) is 3.28. The number of ether oxygens (including phenoxy) is 4. The van der Waals surface area contributed by atoms with Crippen LogP contribution in [0.15, 0.2) is 0 Å². The zero-order valence-corrected chi connectivity index (χ0v) is 16.0. The van der Waals surface area contributed by atoms with Crippen molar-refractivity contribution >= 4 is 0 Å². The normalized spacial score (nSPS) is 65.3. The third-order valence-corrected chi connectivity index (χ3v) is 9.20. The summed E-state index contributed by atoms with van der Waals surface area (Å²) in [5, 5.41) is 23.3. The van der Waals surface area contributed by atoms with Crippen molar-refractivity contribution in [3.8, 4) is 0 Å². The fourth-order valence-corrected chi connectivity index (χ4v) is 8.44. The summed E-state index contributed by atoms with van der Waals surface area (Å²) < 4.78 is 25.2. The van der Waals surface area contributed by atoms with E-state index in [0.717, 1.165) is 6.42 Å². The van der Waals surface area contributed by atoms with Crippen molar-refractivity contribution in [2.75, 3.05) is 19.8 Å². The molecule has 4 heterocycles. The van der Waals surface area contributed by atoms with E-state index in [9.17, 15) is 10.2 Å². The van der Waals surface area contributed by atoms with Crippen molar-refractivity contribution in [1.82, 2.24) is 0 Å². The second kappa shape index (κ2) is 4.34. The van der Waals surface area contributed by atoms with Crippen LogP contribution < -0.4 is 0 Å². The van der Waals surface area contributed by atoms with Gasteiger partial charge in [-0.05, 0) is 24.2 Å². The van der Waals surface area contributed by atoms with Gasteiger partial charge in [0, 0.05) is 11.3 Å². The Morgan fingerprint density at radius 3 is 2.54 bits per heavy atom. The van der Waals surface area contributed by atoms with Gasteiger partial charge in [-0.1, -0.05) is 27.7 Å². The highest BCUT2D eigenvalue weighted by molar-refractivity contribution is 5.40. The predicted octanol–water partition coefficient (Wildman–Crippen LogP) is 1.08. The summed E-state index contributed by atoms with van der Waals surface area (Å²) >= 11 is 0. The minimum atomic E-state index is -1.09. The Kier molecular flexibility index (Phi) is 2.79. The number of hydrogen-bond acceptors (Lipinski definition) is 6. The van der Waals surface area contributed by atoms with Crippen LogP contribution in [0.25, 0.3) is 0 Å². The smallest absolute Gasteiger partial charge is 0.167 e. The van der Waals surface area contributed by atoms with Gasteiger partial charge in [-0.25, -0.2) is 0 Å². The zero-order valence-electron chi connectivity index (χ0n) is 16.0. The highest BCUT2D eigenvalue weighted by Gasteiger charge is 2.95. The molecule has 2 saturated carbocycles. The molecule has 10 atom stereocenters. The Bertz CT molecular complexity index is 676. The van der Waals surface area contributed by atoms with Gasteiger partial charge in [0.1, 0.15) is 11.2 Å². The van der Waals surface area contributed by atoms with Crippen LogP contribution in [-0.2, 0) is 18.9 Å². The first kappa shape index (κ1) is 16.7. The van der Waals surface area contributed by atoms with Gasteiger partial charge < -0.3 is 29.2 Å². The maximum Gasteiger partial charge on any atom is 0.167 e. The highest BCUT2D eigenvalue weighted by atomic mass is 16.7. The van der Waals surface area contributed by atoms with Gasteiger partial charge in [0.05, 0.1) is 43.5 Å². The molecular weight excluding hydrogens is 336 g/mol. The summed E-state index contributed by atoms with van der Waals surface area (Å²) in [6.45, 7) is 9.93. The molecule has 26 heavy (non-hydrogen) atoms. The predicted molar refractivity (Wildman–Crippen MR) is 90.2 cm³/mol. The van der Waals surface area contributed by atoms with Gasteiger partial charge in [0.2, 0.25) is 0 Å². The SMILES string of the molecule is C[C@@H]1COC2CC34C5C[C@@H](C(C)(C)C)C36[C@@H](OC[C@@H]6O)O[C@@]4(CO5)[C@]21O. The molecule has 4 saturated heterocycles. The Morgan fingerprint density at radius 2 is 1.81 bits per heavy atom. The van der Waals surface area contributed by atoms with Gasteiger partial charge in [0.15, 0.2) is 6.29 Å². The lowest BCUT2D eigenvalue weighted by Gasteiger charge is -2.49. The molecule has 4 unspecified atom stereocenters. The molecule has 2 N–H and O–H groups in total. The molecule has 0 radical (unpaired) electrons. The molecule has 4 aliphatic heterocycles. The molecule has 6 aliphatic rings. The highest BCUT2D eigenvalue weighted by Crippen LogP contribution is 2.84. The van der Waals surface area contributed by atoms with Crippen LogP contribution >= 0.6 is 0 Å². The topological polar surface area (TPSA) is 77.4 Å². The molecule has 0 aromatic rings. The maximum atomic E-state index is 11.9. The molecular formula is C20H30O6. The minimum Gasteiger partial charge on any atom is -0.390 e. The number of hydrogen-bond donors (Lipinski definition) is 2. The van der Waals surface area contributed by atoms with E-state index < -0.39 is 34.4 Å². The first-order chi connectivity index (χ1) is 12.2. The molecule has 2 aliphatic carbocycles. The average molecular weight is 366 g/mol. The van der Waals surface area contributed by atoms with E-state index in [2.05, 4.69) is 20.8 Å². The molecule has 6 rings (SSSR count). The summed E-state index contributed by atoms with van der Waals surface area (Å²) in [5.41, 5.74) is -2.96. The molecule has 0 bridgehead atoms. The monoisotopic (exact) mass is 366 g/mol. The Balaban J connectivity index is 1.64. The molecule has 146 valence electrons. The number of rotatable bonds is 0. The lowest BCUT2D eigenvalue weighted by Crippen LogP contribution is -2.64. The largest absolute Gasteiger partial charge is 0.390 e. The van der Waals surface area contributed by atoms with E-state index in [1.807, 2.05) is 6.92 Å². The van der Waals surface area contributed by atoms with Gasteiger partial charge in [0.25, 0.3) is 0 Å². The number of fused-ring (bicyclic) bond motifs is 1. The first-order valence-electron chi connectivity index (χ1n) is 10.1. The second-order valence-corrected chi connectivity index (χ2v) is 10.7. The van der Waals surface area contributed by atoms with Crippen LogP contribution in [0.4, 0.5) is 0 Å². The van der Waals surface area contributed by atoms with Crippen molar-refractivity contribution in [3.63, 3.8) is 0 Å². The third-order valence-electron chi connectivity index (χ3n) is 9.20. The van der Waals surface area contributed by atoms with Gasteiger partial charge in [-0.15, -0.1) is 0 Å². The van der Waals surface area contributed by atoms with E-state index in [4.69, 9.17) is 18.9 Å². The summed E-state index contributed by atoms with van der Waals surface area (Å²) in [5.74, 6) is 0.165.